The summed E-state index contributed by atoms with van der Waals surface area (Å²) in [7, 11) is 0. The van der Waals surface area contributed by atoms with Crippen molar-refractivity contribution < 1.29 is 19.2 Å². The summed E-state index contributed by atoms with van der Waals surface area (Å²) in [6.45, 7) is 2.44. The smallest absolute Gasteiger partial charge is 0.267 e. The number of hydrogen-bond donors (Lipinski definition) is 3. The Morgan fingerprint density at radius 3 is 2.66 bits per heavy atom. The largest absolute Gasteiger partial charge is 0.357 e. The number of carbonyl (C=O) groups excluding carboxylic acids is 2. The molecule has 1 unspecified atom stereocenters. The van der Waals surface area contributed by atoms with E-state index >= 15 is 0 Å². The summed E-state index contributed by atoms with van der Waals surface area (Å²) in [5.41, 5.74) is 2.86. The standard InChI is InChI=1S/C20H29N5O4/c1-14(20(27)24-15-6-2-3-7-15)23-17-13-21-16(12-22-17)9-10-18(26)25-29-19-8-4-5-11-28-19/h9-10,12-15,19H,2-8,11H2,1H3,(H,22,23)(H,24,27)(H,25,26)/b10-9+/t14-,19?/m1/s1. The van der Waals surface area contributed by atoms with Gasteiger partial charge in [-0.3, -0.25) is 14.6 Å². The van der Waals surface area contributed by atoms with Crippen molar-refractivity contribution in [2.45, 2.75) is 70.2 Å². The fourth-order valence-corrected chi connectivity index (χ4v) is 3.31. The van der Waals surface area contributed by atoms with E-state index in [2.05, 4.69) is 26.1 Å². The van der Waals surface area contributed by atoms with Crippen molar-refractivity contribution in [2.24, 2.45) is 0 Å². The van der Waals surface area contributed by atoms with Crippen LogP contribution in [0.3, 0.4) is 0 Å². The molecule has 29 heavy (non-hydrogen) atoms. The van der Waals surface area contributed by atoms with E-state index in [0.717, 1.165) is 32.1 Å². The van der Waals surface area contributed by atoms with Crippen molar-refractivity contribution in [3.63, 3.8) is 0 Å². The Morgan fingerprint density at radius 1 is 1.17 bits per heavy atom. The minimum Gasteiger partial charge on any atom is -0.357 e. The molecule has 1 aliphatic heterocycles. The predicted octanol–water partition coefficient (Wildman–Crippen LogP) is 1.92. The summed E-state index contributed by atoms with van der Waals surface area (Å²) in [5.74, 6) is 0.0557. The van der Waals surface area contributed by atoms with Gasteiger partial charge in [-0.1, -0.05) is 12.8 Å². The minimum absolute atomic E-state index is 0.0405. The maximum Gasteiger partial charge on any atom is 0.267 e. The second-order valence-corrected chi connectivity index (χ2v) is 7.40. The highest BCUT2D eigenvalue weighted by atomic mass is 16.8. The average Bonchev–Trinajstić information content (AvgIpc) is 3.25. The zero-order valence-corrected chi connectivity index (χ0v) is 16.7. The zero-order chi connectivity index (χ0) is 20.5. The van der Waals surface area contributed by atoms with Crippen molar-refractivity contribution in [1.29, 1.82) is 0 Å². The van der Waals surface area contributed by atoms with Crippen molar-refractivity contribution in [3.8, 4) is 0 Å². The normalized spacial score (nSPS) is 21.1. The highest BCUT2D eigenvalue weighted by Gasteiger charge is 2.20. The number of hydrogen-bond acceptors (Lipinski definition) is 7. The minimum atomic E-state index is -0.406. The highest BCUT2D eigenvalue weighted by molar-refractivity contribution is 5.90. The molecule has 0 radical (unpaired) electrons. The SMILES string of the molecule is C[C@@H](Nc1cnc(/C=C/C(=O)NOC2CCCCO2)cn1)C(=O)NC1CCCC1. The van der Waals surface area contributed by atoms with Crippen LogP contribution < -0.4 is 16.1 Å². The number of carbonyl (C=O) groups is 2. The number of amides is 2. The summed E-state index contributed by atoms with van der Waals surface area (Å²) in [4.78, 5) is 37.7. The Kier molecular flexibility index (Phi) is 7.94. The number of nitrogens with zero attached hydrogens (tertiary/aromatic N) is 2. The van der Waals surface area contributed by atoms with Gasteiger partial charge >= 0.3 is 0 Å². The Labute approximate surface area is 170 Å². The summed E-state index contributed by atoms with van der Waals surface area (Å²) in [6.07, 6.45) is 12.8. The fraction of sp³-hybridized carbons (Fsp3) is 0.600. The number of aromatic nitrogens is 2. The number of rotatable bonds is 8. The van der Waals surface area contributed by atoms with Crippen molar-refractivity contribution in [2.75, 3.05) is 11.9 Å². The van der Waals surface area contributed by atoms with Gasteiger partial charge < -0.3 is 15.4 Å². The first-order valence-corrected chi connectivity index (χ1v) is 10.2. The molecule has 2 aliphatic rings. The van der Waals surface area contributed by atoms with Crippen LogP contribution in [0, 0.1) is 0 Å². The molecule has 158 valence electrons. The second kappa shape index (κ2) is 10.9. The van der Waals surface area contributed by atoms with Gasteiger partial charge in [0.15, 0.2) is 6.29 Å². The number of ether oxygens (including phenoxy) is 1. The molecule has 2 fully saturated rings. The monoisotopic (exact) mass is 403 g/mol. The fourth-order valence-electron chi connectivity index (χ4n) is 3.31. The Morgan fingerprint density at radius 2 is 1.97 bits per heavy atom. The van der Waals surface area contributed by atoms with Gasteiger partial charge in [-0.25, -0.2) is 15.3 Å². The third-order valence-corrected chi connectivity index (χ3v) is 4.97. The molecule has 0 bridgehead atoms. The van der Waals surface area contributed by atoms with Crippen LogP contribution in [-0.2, 0) is 19.2 Å². The molecule has 2 heterocycles. The van der Waals surface area contributed by atoms with Crippen LogP contribution in [0.15, 0.2) is 18.5 Å². The van der Waals surface area contributed by atoms with Gasteiger partial charge in [-0.2, -0.15) is 0 Å². The molecule has 9 heteroatoms. The molecule has 2 atom stereocenters. The molecule has 1 aliphatic carbocycles. The highest BCUT2D eigenvalue weighted by Crippen LogP contribution is 2.18. The molecule has 1 saturated carbocycles. The van der Waals surface area contributed by atoms with Crippen LogP contribution in [0.4, 0.5) is 5.82 Å². The first-order valence-electron chi connectivity index (χ1n) is 10.2. The van der Waals surface area contributed by atoms with Gasteiger partial charge in [-0.05, 0) is 38.7 Å². The number of anilines is 1. The van der Waals surface area contributed by atoms with Crippen molar-refractivity contribution in [3.05, 3.63) is 24.2 Å². The van der Waals surface area contributed by atoms with E-state index in [9.17, 15) is 9.59 Å². The molecule has 1 saturated heterocycles. The summed E-state index contributed by atoms with van der Waals surface area (Å²) >= 11 is 0. The van der Waals surface area contributed by atoms with E-state index in [1.807, 2.05) is 0 Å². The van der Waals surface area contributed by atoms with Gasteiger partial charge in [-0.15, -0.1) is 0 Å². The summed E-state index contributed by atoms with van der Waals surface area (Å²) in [6, 6.07) is -0.124. The molecule has 3 N–H and O–H groups in total. The number of hydroxylamine groups is 1. The molecule has 1 aromatic heterocycles. The maximum atomic E-state index is 12.2. The van der Waals surface area contributed by atoms with Gasteiger partial charge in [0.1, 0.15) is 11.9 Å². The Hall–Kier alpha value is -2.52. The molecule has 0 aromatic carbocycles. The summed E-state index contributed by atoms with van der Waals surface area (Å²) in [5, 5.41) is 6.09. The lowest BCUT2D eigenvalue weighted by atomic mass is 10.2. The lowest BCUT2D eigenvalue weighted by Gasteiger charge is -2.21. The van der Waals surface area contributed by atoms with Gasteiger partial charge in [0.2, 0.25) is 5.91 Å². The van der Waals surface area contributed by atoms with Crippen LogP contribution in [0.5, 0.6) is 0 Å². The lowest BCUT2D eigenvalue weighted by Crippen LogP contribution is -2.42. The average molecular weight is 403 g/mol. The van der Waals surface area contributed by atoms with Crippen LogP contribution in [0.1, 0.15) is 57.6 Å². The molecule has 2 amide bonds. The van der Waals surface area contributed by atoms with Crippen molar-refractivity contribution in [1.82, 2.24) is 20.8 Å². The molecule has 9 nitrogen and oxygen atoms in total. The van der Waals surface area contributed by atoms with E-state index in [-0.39, 0.29) is 18.2 Å². The van der Waals surface area contributed by atoms with Crippen LogP contribution in [0.2, 0.25) is 0 Å². The molecule has 0 spiro atoms. The first kappa shape index (κ1) is 21.2. The second-order valence-electron chi connectivity index (χ2n) is 7.40. The Bertz CT molecular complexity index is 697. The first-order chi connectivity index (χ1) is 14.1. The van der Waals surface area contributed by atoms with E-state index in [4.69, 9.17) is 9.57 Å². The van der Waals surface area contributed by atoms with Crippen LogP contribution in [0.25, 0.3) is 6.08 Å². The zero-order valence-electron chi connectivity index (χ0n) is 16.7. The lowest BCUT2D eigenvalue weighted by molar-refractivity contribution is -0.198. The van der Waals surface area contributed by atoms with Gasteiger partial charge in [0.25, 0.3) is 5.91 Å². The molecular formula is C20H29N5O4. The Balaban J connectivity index is 1.40. The van der Waals surface area contributed by atoms with E-state index < -0.39 is 11.9 Å². The van der Waals surface area contributed by atoms with Crippen LogP contribution >= 0.6 is 0 Å². The maximum absolute atomic E-state index is 12.2. The topological polar surface area (TPSA) is 114 Å². The number of nitrogens with one attached hydrogen (secondary N) is 3. The molecule has 3 rings (SSSR count). The molecular weight excluding hydrogens is 374 g/mol. The van der Waals surface area contributed by atoms with Gasteiger partial charge in [0.05, 0.1) is 18.1 Å². The third kappa shape index (κ3) is 7.10. The van der Waals surface area contributed by atoms with E-state index in [1.165, 1.54) is 37.4 Å². The van der Waals surface area contributed by atoms with Gasteiger partial charge in [0, 0.05) is 25.1 Å². The molecule has 1 aromatic rings. The summed E-state index contributed by atoms with van der Waals surface area (Å²) < 4.78 is 5.37. The predicted molar refractivity (Wildman–Crippen MR) is 107 cm³/mol. The van der Waals surface area contributed by atoms with E-state index in [0.29, 0.717) is 18.1 Å². The van der Waals surface area contributed by atoms with Crippen LogP contribution in [-0.4, -0.2) is 46.8 Å². The third-order valence-electron chi connectivity index (χ3n) is 4.97. The quantitative estimate of drug-likeness (QED) is 0.449. The van der Waals surface area contributed by atoms with E-state index in [1.54, 1.807) is 6.92 Å². The van der Waals surface area contributed by atoms with Crippen molar-refractivity contribution >= 4 is 23.7 Å².